The van der Waals surface area contributed by atoms with Crippen molar-refractivity contribution < 1.29 is 17.6 Å². The Kier molecular flexibility index (Phi) is 5.25. The standard InChI is InChI=1S/C24H20ClF4N7/c25-17-2-3-18-15(5-17)9-34(13-24(27,28)29)10-20-32-33-22(36(18)20)16-6-23(7-16)11-35(12-23)19-4-1-14(8-30)21(26)31-19/h1-5,16H,6-7,9-13H2. The lowest BCUT2D eigenvalue weighted by Gasteiger charge is -2.59. The highest BCUT2D eigenvalue weighted by molar-refractivity contribution is 6.30. The van der Waals surface area contributed by atoms with E-state index in [4.69, 9.17) is 16.9 Å². The van der Waals surface area contributed by atoms with Crippen molar-refractivity contribution in [1.82, 2.24) is 24.6 Å². The van der Waals surface area contributed by atoms with Crippen LogP contribution in [0.25, 0.3) is 5.69 Å². The number of nitriles is 1. The van der Waals surface area contributed by atoms with E-state index in [-0.39, 0.29) is 30.0 Å². The molecule has 1 spiro atoms. The summed E-state index contributed by atoms with van der Waals surface area (Å²) in [6.45, 7) is 0.520. The maximum absolute atomic E-state index is 13.9. The molecule has 0 unspecified atom stereocenters. The molecule has 0 amide bonds. The van der Waals surface area contributed by atoms with Crippen LogP contribution in [0, 0.1) is 22.7 Å². The van der Waals surface area contributed by atoms with Crippen LogP contribution < -0.4 is 4.90 Å². The lowest BCUT2D eigenvalue weighted by Crippen LogP contribution is -2.62. The third kappa shape index (κ3) is 3.98. The fourth-order valence-corrected chi connectivity index (χ4v) is 5.95. The van der Waals surface area contributed by atoms with Gasteiger partial charge >= 0.3 is 6.18 Å². The van der Waals surface area contributed by atoms with E-state index in [1.807, 2.05) is 15.5 Å². The van der Waals surface area contributed by atoms with Crippen molar-refractivity contribution in [2.75, 3.05) is 24.5 Å². The molecule has 0 bridgehead atoms. The van der Waals surface area contributed by atoms with E-state index in [2.05, 4.69) is 15.2 Å². The summed E-state index contributed by atoms with van der Waals surface area (Å²) in [6.07, 6.45) is -2.65. The number of nitrogens with zero attached hydrogens (tertiary/aromatic N) is 7. The van der Waals surface area contributed by atoms with E-state index in [0.717, 1.165) is 24.4 Å². The largest absolute Gasteiger partial charge is 0.401 e. The second-order valence-corrected chi connectivity index (χ2v) is 10.4. The quantitative estimate of drug-likeness (QED) is 0.374. The zero-order valence-corrected chi connectivity index (χ0v) is 19.7. The molecule has 0 radical (unpaired) electrons. The molecular weight excluding hydrogens is 498 g/mol. The predicted octanol–water partition coefficient (Wildman–Crippen LogP) is 4.59. The van der Waals surface area contributed by atoms with Gasteiger partial charge in [-0.3, -0.25) is 9.47 Å². The van der Waals surface area contributed by atoms with Crippen molar-refractivity contribution in [3.63, 3.8) is 0 Å². The molecule has 1 saturated carbocycles. The minimum Gasteiger partial charge on any atom is -0.355 e. The van der Waals surface area contributed by atoms with Crippen LogP contribution in [0.15, 0.2) is 30.3 Å². The van der Waals surface area contributed by atoms with Crippen molar-refractivity contribution in [2.24, 2.45) is 5.41 Å². The minimum absolute atomic E-state index is 0.0282. The minimum atomic E-state index is -4.33. The molecule has 1 aliphatic carbocycles. The molecule has 12 heteroatoms. The summed E-state index contributed by atoms with van der Waals surface area (Å²) in [5.41, 5.74) is 1.43. The molecule has 1 aromatic carbocycles. The van der Waals surface area contributed by atoms with Crippen molar-refractivity contribution in [1.29, 1.82) is 5.26 Å². The molecule has 0 atom stereocenters. The number of rotatable bonds is 3. The van der Waals surface area contributed by atoms with Crippen LogP contribution >= 0.6 is 11.6 Å². The lowest BCUT2D eigenvalue weighted by atomic mass is 9.57. The van der Waals surface area contributed by atoms with Gasteiger partial charge < -0.3 is 4.90 Å². The topological polar surface area (TPSA) is 73.9 Å². The SMILES string of the molecule is N#Cc1ccc(N2CC3(CC(c4nnc5n4-c4ccc(Cl)cc4CN(CC(F)(F)F)C5)C3)C2)nc1F. The predicted molar refractivity (Wildman–Crippen MR) is 122 cm³/mol. The Balaban J connectivity index is 1.22. The number of anilines is 1. The molecule has 2 fully saturated rings. The van der Waals surface area contributed by atoms with Crippen LogP contribution in [0.5, 0.6) is 0 Å². The number of halogens is 5. The number of fused-ring (bicyclic) bond motifs is 3. The molecule has 186 valence electrons. The summed E-state index contributed by atoms with van der Waals surface area (Å²) in [4.78, 5) is 7.20. The number of alkyl halides is 3. The van der Waals surface area contributed by atoms with Crippen LogP contribution in [0.2, 0.25) is 5.02 Å². The summed E-state index contributed by atoms with van der Waals surface area (Å²) >= 11 is 6.18. The first-order valence-corrected chi connectivity index (χ1v) is 11.8. The van der Waals surface area contributed by atoms with Crippen molar-refractivity contribution in [2.45, 2.75) is 38.0 Å². The third-order valence-corrected chi connectivity index (χ3v) is 7.49. The molecule has 7 nitrogen and oxygen atoms in total. The van der Waals surface area contributed by atoms with E-state index >= 15 is 0 Å². The monoisotopic (exact) mass is 517 g/mol. The fraction of sp³-hybridized carbons (Fsp3) is 0.417. The van der Waals surface area contributed by atoms with Gasteiger partial charge in [-0.25, -0.2) is 4.98 Å². The third-order valence-electron chi connectivity index (χ3n) is 7.25. The maximum atomic E-state index is 13.9. The van der Waals surface area contributed by atoms with Crippen molar-refractivity contribution >= 4 is 17.4 Å². The zero-order chi connectivity index (χ0) is 25.2. The van der Waals surface area contributed by atoms with E-state index in [9.17, 15) is 17.6 Å². The molecular formula is C24H20ClF4N7. The Morgan fingerprint density at radius 2 is 1.89 bits per heavy atom. The molecule has 2 aliphatic heterocycles. The van der Waals surface area contributed by atoms with Gasteiger partial charge in [0.25, 0.3) is 0 Å². The average molecular weight is 518 g/mol. The first-order valence-electron chi connectivity index (χ1n) is 11.5. The summed E-state index contributed by atoms with van der Waals surface area (Å²) in [6, 6.07) is 10.1. The molecule has 2 aromatic heterocycles. The Morgan fingerprint density at radius 3 is 2.58 bits per heavy atom. The second-order valence-electron chi connectivity index (χ2n) is 9.92. The Hall–Kier alpha value is -3.23. The van der Waals surface area contributed by atoms with Crippen molar-refractivity contribution in [3.8, 4) is 11.8 Å². The van der Waals surface area contributed by atoms with Gasteiger partial charge in [-0.15, -0.1) is 10.2 Å². The normalized spacial score (nSPS) is 19.2. The summed E-state index contributed by atoms with van der Waals surface area (Å²) in [7, 11) is 0. The number of pyridine rings is 1. The first kappa shape index (κ1) is 23.2. The smallest absolute Gasteiger partial charge is 0.355 e. The van der Waals surface area contributed by atoms with E-state index in [0.29, 0.717) is 35.3 Å². The van der Waals surface area contributed by atoms with Crippen LogP contribution in [-0.4, -0.2) is 50.5 Å². The van der Waals surface area contributed by atoms with E-state index < -0.39 is 18.7 Å². The van der Waals surface area contributed by atoms with Gasteiger partial charge in [0.15, 0.2) is 5.82 Å². The number of benzene rings is 1. The average Bonchev–Trinajstić information content (AvgIpc) is 3.07. The van der Waals surface area contributed by atoms with Gasteiger partial charge in [-0.2, -0.15) is 22.8 Å². The van der Waals surface area contributed by atoms with Gasteiger partial charge in [0, 0.05) is 36.0 Å². The summed E-state index contributed by atoms with van der Waals surface area (Å²) in [5, 5.41) is 18.1. The van der Waals surface area contributed by atoms with Gasteiger partial charge in [0.2, 0.25) is 5.95 Å². The fourth-order valence-electron chi connectivity index (χ4n) is 5.76. The highest BCUT2D eigenvalue weighted by Gasteiger charge is 2.54. The molecule has 0 N–H and O–H groups in total. The Bertz CT molecular complexity index is 1380. The van der Waals surface area contributed by atoms with E-state index in [1.54, 1.807) is 24.3 Å². The van der Waals surface area contributed by atoms with Gasteiger partial charge in [0.1, 0.15) is 23.3 Å². The van der Waals surface area contributed by atoms with Gasteiger partial charge in [0.05, 0.1) is 18.8 Å². The molecule has 4 heterocycles. The Morgan fingerprint density at radius 1 is 1.11 bits per heavy atom. The number of hydrogen-bond acceptors (Lipinski definition) is 6. The van der Waals surface area contributed by atoms with Gasteiger partial charge in [-0.1, -0.05) is 11.6 Å². The van der Waals surface area contributed by atoms with Gasteiger partial charge in [-0.05, 0) is 48.7 Å². The Labute approximate surface area is 208 Å². The second kappa shape index (κ2) is 8.15. The van der Waals surface area contributed by atoms with Crippen molar-refractivity contribution in [3.05, 3.63) is 64.1 Å². The first-order chi connectivity index (χ1) is 17.1. The zero-order valence-electron chi connectivity index (χ0n) is 18.9. The molecule has 3 aromatic rings. The van der Waals surface area contributed by atoms with Crippen LogP contribution in [-0.2, 0) is 13.1 Å². The van der Waals surface area contributed by atoms with Crippen LogP contribution in [0.3, 0.4) is 0 Å². The molecule has 1 saturated heterocycles. The molecule has 36 heavy (non-hydrogen) atoms. The maximum Gasteiger partial charge on any atom is 0.401 e. The summed E-state index contributed by atoms with van der Waals surface area (Å²) in [5.74, 6) is 1.06. The van der Waals surface area contributed by atoms with Crippen LogP contribution in [0.4, 0.5) is 23.4 Å². The highest BCUT2D eigenvalue weighted by atomic mass is 35.5. The molecule has 6 rings (SSSR count). The molecule has 3 aliphatic rings. The summed E-state index contributed by atoms with van der Waals surface area (Å²) < 4.78 is 55.4. The highest BCUT2D eigenvalue weighted by Crippen LogP contribution is 2.56. The number of aromatic nitrogens is 4. The lowest BCUT2D eigenvalue weighted by molar-refractivity contribution is -0.148. The number of hydrogen-bond donors (Lipinski definition) is 0. The van der Waals surface area contributed by atoms with Crippen LogP contribution in [0.1, 0.15) is 41.5 Å². The van der Waals surface area contributed by atoms with E-state index in [1.165, 1.54) is 11.0 Å².